The summed E-state index contributed by atoms with van der Waals surface area (Å²) in [7, 11) is -2.33. The number of ether oxygens (including phenoxy) is 1. The number of hydrogen-bond acceptors (Lipinski definition) is 5. The fourth-order valence-corrected chi connectivity index (χ4v) is 2.28. The Morgan fingerprint density at radius 2 is 1.69 bits per heavy atom. The van der Waals surface area contributed by atoms with Gasteiger partial charge in [-0.15, -0.1) is 0 Å². The number of sulfone groups is 1. The maximum absolute atomic E-state index is 11.5. The summed E-state index contributed by atoms with van der Waals surface area (Å²) in [6.45, 7) is 4.97. The maximum atomic E-state index is 11.5. The van der Waals surface area contributed by atoms with Gasteiger partial charge in [0.1, 0.15) is 5.75 Å². The van der Waals surface area contributed by atoms with E-state index in [4.69, 9.17) is 0 Å². The van der Waals surface area contributed by atoms with Crippen molar-refractivity contribution in [1.82, 2.24) is 0 Å². The van der Waals surface area contributed by atoms with E-state index in [0.29, 0.717) is 0 Å². The predicted molar refractivity (Wildman–Crippen MR) is 59.7 cm³/mol. The molecule has 0 rings (SSSR count). The second-order valence-electron chi connectivity index (χ2n) is 4.59. The predicted octanol–water partition coefficient (Wildman–Crippen LogP) is 0.579. The average Bonchev–Trinajstić information content (AvgIpc) is 2.12. The van der Waals surface area contributed by atoms with Crippen molar-refractivity contribution in [2.75, 3.05) is 18.6 Å². The summed E-state index contributed by atoms with van der Waals surface area (Å²) >= 11 is 0. The number of carbonyl (C=O) groups is 2. The molecule has 0 saturated heterocycles. The Kier molecular flexibility index (Phi) is 5.12. The molecule has 16 heavy (non-hydrogen) atoms. The summed E-state index contributed by atoms with van der Waals surface area (Å²) < 4.78 is 27.3. The third-order valence-electron chi connectivity index (χ3n) is 2.03. The molecule has 0 heterocycles. The maximum Gasteiger partial charge on any atom is 0.306 e. The first-order chi connectivity index (χ1) is 7.08. The average molecular weight is 250 g/mol. The van der Waals surface area contributed by atoms with Crippen LogP contribution in [0.15, 0.2) is 0 Å². The molecule has 0 spiro atoms. The van der Waals surface area contributed by atoms with E-state index in [0.717, 1.165) is 0 Å². The molecule has 0 saturated carbocycles. The fraction of sp³-hybridized carbons (Fsp3) is 0.800. The zero-order chi connectivity index (χ0) is 13.0. The Hall–Kier alpha value is -0.910. The summed E-state index contributed by atoms with van der Waals surface area (Å²) in [6, 6.07) is 0. The summed E-state index contributed by atoms with van der Waals surface area (Å²) in [5, 5.41) is 0. The van der Waals surface area contributed by atoms with Gasteiger partial charge >= 0.3 is 5.97 Å². The molecule has 0 unspecified atom stereocenters. The molecule has 0 aliphatic carbocycles. The minimum Gasteiger partial charge on any atom is -0.469 e. The minimum atomic E-state index is -3.52. The van der Waals surface area contributed by atoms with Crippen molar-refractivity contribution >= 4 is 21.6 Å². The topological polar surface area (TPSA) is 77.5 Å². The summed E-state index contributed by atoms with van der Waals surface area (Å²) in [4.78, 5) is 22.3. The lowest BCUT2D eigenvalue weighted by Crippen LogP contribution is -2.29. The Morgan fingerprint density at radius 3 is 2.06 bits per heavy atom. The van der Waals surface area contributed by atoms with Crippen molar-refractivity contribution in [2.24, 2.45) is 5.41 Å². The van der Waals surface area contributed by atoms with Crippen molar-refractivity contribution in [3.8, 4) is 0 Å². The smallest absolute Gasteiger partial charge is 0.306 e. The van der Waals surface area contributed by atoms with Crippen LogP contribution >= 0.6 is 0 Å². The zero-order valence-corrected chi connectivity index (χ0v) is 10.9. The summed E-state index contributed by atoms with van der Waals surface area (Å²) in [6.07, 6.45) is -0.212. The van der Waals surface area contributed by atoms with Gasteiger partial charge in [-0.2, -0.15) is 0 Å². The number of esters is 1. The third-order valence-corrected chi connectivity index (χ3v) is 3.56. The first-order valence-corrected chi connectivity index (χ1v) is 6.71. The molecule has 0 amide bonds. The van der Waals surface area contributed by atoms with E-state index in [2.05, 4.69) is 4.74 Å². The molecule has 0 aromatic heterocycles. The number of rotatable bonds is 5. The second kappa shape index (κ2) is 5.43. The fourth-order valence-electron chi connectivity index (χ4n) is 0.829. The van der Waals surface area contributed by atoms with Crippen molar-refractivity contribution < 1.29 is 22.7 Å². The van der Waals surface area contributed by atoms with Gasteiger partial charge in [0, 0.05) is 5.41 Å². The SMILES string of the molecule is COC(=O)CCS(=O)(=O)CC(=O)C(C)(C)C. The quantitative estimate of drug-likeness (QED) is 0.667. The highest BCUT2D eigenvalue weighted by molar-refractivity contribution is 7.92. The molecule has 0 radical (unpaired) electrons. The van der Waals surface area contributed by atoms with Crippen LogP contribution in [0.5, 0.6) is 0 Å². The van der Waals surface area contributed by atoms with Crippen LogP contribution in [0, 0.1) is 5.41 Å². The molecule has 0 atom stereocenters. The van der Waals surface area contributed by atoms with Gasteiger partial charge < -0.3 is 4.74 Å². The molecule has 0 aliphatic rings. The van der Waals surface area contributed by atoms with Crippen LogP contribution in [0.3, 0.4) is 0 Å². The lowest BCUT2D eigenvalue weighted by atomic mass is 9.92. The number of ketones is 1. The molecule has 94 valence electrons. The Morgan fingerprint density at radius 1 is 1.19 bits per heavy atom. The summed E-state index contributed by atoms with van der Waals surface area (Å²) in [5.41, 5.74) is -0.682. The highest BCUT2D eigenvalue weighted by Gasteiger charge is 2.27. The first kappa shape index (κ1) is 15.1. The van der Waals surface area contributed by atoms with Gasteiger partial charge in [-0.1, -0.05) is 20.8 Å². The molecule has 5 nitrogen and oxygen atoms in total. The van der Waals surface area contributed by atoms with Gasteiger partial charge in [0.15, 0.2) is 15.6 Å². The van der Waals surface area contributed by atoms with E-state index < -0.39 is 27.0 Å². The first-order valence-electron chi connectivity index (χ1n) is 4.89. The highest BCUT2D eigenvalue weighted by atomic mass is 32.2. The monoisotopic (exact) mass is 250 g/mol. The lowest BCUT2D eigenvalue weighted by molar-refractivity contribution is -0.140. The van der Waals surface area contributed by atoms with E-state index in [-0.39, 0.29) is 18.0 Å². The van der Waals surface area contributed by atoms with E-state index in [1.807, 2.05) is 0 Å². The van der Waals surface area contributed by atoms with Crippen molar-refractivity contribution in [3.05, 3.63) is 0 Å². The third kappa shape index (κ3) is 5.85. The van der Waals surface area contributed by atoms with Crippen LogP contribution in [0.2, 0.25) is 0 Å². The second-order valence-corrected chi connectivity index (χ2v) is 6.78. The molecule has 6 heteroatoms. The molecule has 0 aromatic carbocycles. The molecular weight excluding hydrogens is 232 g/mol. The molecule has 0 fully saturated rings. The van der Waals surface area contributed by atoms with Crippen LogP contribution in [-0.2, 0) is 24.2 Å². The van der Waals surface area contributed by atoms with Gasteiger partial charge in [-0.25, -0.2) is 8.42 Å². The number of methoxy groups -OCH3 is 1. The van der Waals surface area contributed by atoms with Crippen LogP contribution in [0.25, 0.3) is 0 Å². The molecular formula is C10H18O5S. The van der Waals surface area contributed by atoms with Gasteiger partial charge in [0.25, 0.3) is 0 Å². The van der Waals surface area contributed by atoms with Crippen LogP contribution in [0.4, 0.5) is 0 Å². The molecule has 0 aliphatic heterocycles. The molecule has 0 aromatic rings. The number of carbonyl (C=O) groups excluding carboxylic acids is 2. The van der Waals surface area contributed by atoms with E-state index in [1.54, 1.807) is 20.8 Å². The molecule has 0 N–H and O–H groups in total. The Bertz CT molecular complexity index is 361. The Balaban J connectivity index is 4.38. The highest BCUT2D eigenvalue weighted by Crippen LogP contribution is 2.16. The van der Waals surface area contributed by atoms with E-state index >= 15 is 0 Å². The van der Waals surface area contributed by atoms with Gasteiger partial charge in [0.05, 0.1) is 19.3 Å². The van der Waals surface area contributed by atoms with Crippen molar-refractivity contribution in [1.29, 1.82) is 0 Å². The number of hydrogen-bond donors (Lipinski definition) is 0. The van der Waals surface area contributed by atoms with Crippen molar-refractivity contribution in [2.45, 2.75) is 27.2 Å². The van der Waals surface area contributed by atoms with Gasteiger partial charge in [-0.3, -0.25) is 9.59 Å². The normalized spacial score (nSPS) is 12.2. The Labute approximate surface area is 96.1 Å². The van der Waals surface area contributed by atoms with Crippen molar-refractivity contribution in [3.63, 3.8) is 0 Å². The van der Waals surface area contributed by atoms with E-state index in [1.165, 1.54) is 7.11 Å². The standard InChI is InChI=1S/C10H18O5S/c1-10(2,3)8(11)7-16(13,14)6-5-9(12)15-4/h5-7H2,1-4H3. The van der Waals surface area contributed by atoms with E-state index in [9.17, 15) is 18.0 Å². The minimum absolute atomic E-state index is 0.212. The van der Waals surface area contributed by atoms with Crippen LogP contribution < -0.4 is 0 Å². The van der Waals surface area contributed by atoms with Crippen LogP contribution in [0.1, 0.15) is 27.2 Å². The number of Topliss-reactive ketones (excluding diaryl/α,β-unsaturated/α-hetero) is 1. The van der Waals surface area contributed by atoms with Crippen LogP contribution in [-0.4, -0.2) is 38.8 Å². The zero-order valence-electron chi connectivity index (χ0n) is 10.1. The van der Waals surface area contributed by atoms with Gasteiger partial charge in [0.2, 0.25) is 0 Å². The van der Waals surface area contributed by atoms with Gasteiger partial charge in [-0.05, 0) is 0 Å². The lowest BCUT2D eigenvalue weighted by Gasteiger charge is -2.16. The summed E-state index contributed by atoms with van der Waals surface area (Å²) in [5.74, 6) is -1.81. The largest absolute Gasteiger partial charge is 0.469 e. The molecule has 0 bridgehead atoms.